The molecular weight excluding hydrogens is 506 g/mol. The molecule has 1 N–H and O–H groups in total. The number of aliphatic imine (C=N–C) groups is 1. The summed E-state index contributed by atoms with van der Waals surface area (Å²) in [7, 11) is 3.13. The van der Waals surface area contributed by atoms with E-state index in [0.717, 1.165) is 11.1 Å². The monoisotopic (exact) mass is 533 g/mol. The van der Waals surface area contributed by atoms with Crippen LogP contribution in [0.15, 0.2) is 114 Å². The Labute approximate surface area is 232 Å². The molecule has 0 aliphatic carbocycles. The van der Waals surface area contributed by atoms with Gasteiger partial charge in [-0.2, -0.15) is 0 Å². The van der Waals surface area contributed by atoms with Gasteiger partial charge in [-0.25, -0.2) is 4.99 Å². The van der Waals surface area contributed by atoms with Crippen molar-refractivity contribution in [3.05, 3.63) is 120 Å². The number of carbonyl (C=O) groups excluding carboxylic acids is 2. The first kappa shape index (κ1) is 26.2. The van der Waals surface area contributed by atoms with Crippen LogP contribution < -0.4 is 24.4 Å². The van der Waals surface area contributed by atoms with Gasteiger partial charge in [0.2, 0.25) is 0 Å². The van der Waals surface area contributed by atoms with E-state index in [0.29, 0.717) is 40.2 Å². The van der Waals surface area contributed by atoms with Crippen molar-refractivity contribution in [1.82, 2.24) is 0 Å². The number of amidine groups is 1. The van der Waals surface area contributed by atoms with Gasteiger partial charge in [-0.1, -0.05) is 60.7 Å². The van der Waals surface area contributed by atoms with Crippen molar-refractivity contribution >= 4 is 35.1 Å². The number of amides is 2. The van der Waals surface area contributed by atoms with E-state index in [1.54, 1.807) is 67.7 Å². The summed E-state index contributed by atoms with van der Waals surface area (Å²) in [5.41, 5.74) is 3.10. The first-order chi connectivity index (χ1) is 19.6. The molecule has 0 bridgehead atoms. The molecule has 200 valence electrons. The van der Waals surface area contributed by atoms with Gasteiger partial charge in [0.25, 0.3) is 11.8 Å². The van der Waals surface area contributed by atoms with Crippen LogP contribution in [0.25, 0.3) is 6.08 Å². The lowest BCUT2D eigenvalue weighted by molar-refractivity contribution is -0.118. The summed E-state index contributed by atoms with van der Waals surface area (Å²) in [6.07, 6.45) is 1.73. The average Bonchev–Trinajstić information content (AvgIpc) is 3.33. The van der Waals surface area contributed by atoms with Crippen LogP contribution in [0.1, 0.15) is 11.1 Å². The maximum absolute atomic E-state index is 13.6. The molecule has 0 fully saturated rings. The lowest BCUT2D eigenvalue weighted by Gasteiger charge is -2.19. The third kappa shape index (κ3) is 5.86. The van der Waals surface area contributed by atoms with Crippen LogP contribution in [0, 0.1) is 0 Å². The van der Waals surface area contributed by atoms with Crippen LogP contribution in [-0.4, -0.2) is 38.5 Å². The summed E-state index contributed by atoms with van der Waals surface area (Å²) < 4.78 is 16.3. The minimum Gasteiger partial charge on any atom is -0.497 e. The van der Waals surface area contributed by atoms with Gasteiger partial charge in [0.15, 0.2) is 6.61 Å². The molecular formula is C32H27N3O5. The zero-order chi connectivity index (χ0) is 27.9. The summed E-state index contributed by atoms with van der Waals surface area (Å²) in [6, 6.07) is 31.1. The number of anilines is 2. The number of ether oxygens (including phenoxy) is 3. The molecule has 0 saturated heterocycles. The zero-order valence-corrected chi connectivity index (χ0v) is 22.0. The molecule has 1 heterocycles. The van der Waals surface area contributed by atoms with E-state index in [9.17, 15) is 9.59 Å². The normalized spacial score (nSPS) is 13.7. The maximum Gasteiger partial charge on any atom is 0.282 e. The summed E-state index contributed by atoms with van der Waals surface area (Å²) >= 11 is 0. The Kier molecular flexibility index (Phi) is 7.87. The minimum atomic E-state index is -0.312. The Morgan fingerprint density at radius 2 is 1.60 bits per heavy atom. The van der Waals surface area contributed by atoms with Crippen LogP contribution in [0.3, 0.4) is 0 Å². The fraction of sp³-hybridized carbons (Fsp3) is 0.0938. The van der Waals surface area contributed by atoms with Gasteiger partial charge in [-0.05, 0) is 48.0 Å². The van der Waals surface area contributed by atoms with Gasteiger partial charge in [0.1, 0.15) is 28.8 Å². The van der Waals surface area contributed by atoms with E-state index >= 15 is 0 Å². The number of methoxy groups -OCH3 is 2. The summed E-state index contributed by atoms with van der Waals surface area (Å²) in [6.45, 7) is -0.169. The van der Waals surface area contributed by atoms with Gasteiger partial charge >= 0.3 is 0 Å². The van der Waals surface area contributed by atoms with Crippen molar-refractivity contribution in [3.63, 3.8) is 0 Å². The Morgan fingerprint density at radius 3 is 2.35 bits per heavy atom. The highest BCUT2D eigenvalue weighted by Gasteiger charge is 2.32. The van der Waals surface area contributed by atoms with Gasteiger partial charge in [-0.15, -0.1) is 0 Å². The van der Waals surface area contributed by atoms with E-state index in [1.807, 2.05) is 60.7 Å². The van der Waals surface area contributed by atoms with Crippen molar-refractivity contribution in [2.24, 2.45) is 4.99 Å². The van der Waals surface area contributed by atoms with E-state index in [-0.39, 0.29) is 18.4 Å². The molecule has 0 unspecified atom stereocenters. The molecule has 8 nitrogen and oxygen atoms in total. The predicted molar refractivity (Wildman–Crippen MR) is 155 cm³/mol. The Morgan fingerprint density at radius 1 is 0.850 bits per heavy atom. The number of rotatable bonds is 9. The lowest BCUT2D eigenvalue weighted by atomic mass is 10.1. The van der Waals surface area contributed by atoms with Gasteiger partial charge < -0.3 is 19.5 Å². The smallest absolute Gasteiger partial charge is 0.282 e. The van der Waals surface area contributed by atoms with Gasteiger partial charge in [0.05, 0.1) is 25.6 Å². The molecule has 4 aromatic carbocycles. The summed E-state index contributed by atoms with van der Waals surface area (Å²) in [5.74, 6) is 1.70. The SMILES string of the molecule is COc1cccc(N2C(=O)/C(=C/c3ccc(OCC(=O)Nc4ccccc4OC)cc3)N=C2c2ccccc2)c1. The maximum atomic E-state index is 13.6. The highest BCUT2D eigenvalue weighted by Crippen LogP contribution is 2.30. The number of para-hydroxylation sites is 2. The first-order valence-electron chi connectivity index (χ1n) is 12.6. The molecule has 0 spiro atoms. The minimum absolute atomic E-state index is 0.169. The van der Waals surface area contributed by atoms with Crippen molar-refractivity contribution in [2.45, 2.75) is 0 Å². The van der Waals surface area contributed by atoms with E-state index < -0.39 is 0 Å². The van der Waals surface area contributed by atoms with Crippen LogP contribution in [0.4, 0.5) is 11.4 Å². The second-order valence-corrected chi connectivity index (χ2v) is 8.78. The van der Waals surface area contributed by atoms with Crippen LogP contribution in [-0.2, 0) is 9.59 Å². The largest absolute Gasteiger partial charge is 0.497 e. The van der Waals surface area contributed by atoms with E-state index in [4.69, 9.17) is 19.2 Å². The van der Waals surface area contributed by atoms with Crippen molar-refractivity contribution < 1.29 is 23.8 Å². The van der Waals surface area contributed by atoms with Crippen molar-refractivity contribution in [1.29, 1.82) is 0 Å². The second-order valence-electron chi connectivity index (χ2n) is 8.78. The fourth-order valence-electron chi connectivity index (χ4n) is 4.19. The number of benzene rings is 4. The number of hydrogen-bond acceptors (Lipinski definition) is 6. The summed E-state index contributed by atoms with van der Waals surface area (Å²) in [4.78, 5) is 32.2. The molecule has 0 saturated carbocycles. The molecule has 8 heteroatoms. The molecule has 0 atom stereocenters. The topological polar surface area (TPSA) is 89.5 Å². The first-order valence-corrected chi connectivity index (χ1v) is 12.6. The average molecular weight is 534 g/mol. The van der Waals surface area contributed by atoms with E-state index in [2.05, 4.69) is 5.32 Å². The quantitative estimate of drug-likeness (QED) is 0.285. The third-order valence-electron chi connectivity index (χ3n) is 6.14. The Bertz CT molecular complexity index is 1580. The van der Waals surface area contributed by atoms with Crippen LogP contribution >= 0.6 is 0 Å². The summed E-state index contributed by atoms with van der Waals surface area (Å²) in [5, 5.41) is 2.78. The number of nitrogens with zero attached hydrogens (tertiary/aromatic N) is 2. The predicted octanol–water partition coefficient (Wildman–Crippen LogP) is 5.56. The zero-order valence-electron chi connectivity index (χ0n) is 22.0. The van der Waals surface area contributed by atoms with Crippen LogP contribution in [0.5, 0.6) is 17.2 Å². The van der Waals surface area contributed by atoms with E-state index in [1.165, 1.54) is 0 Å². The molecule has 2 amide bonds. The molecule has 0 radical (unpaired) electrons. The Balaban J connectivity index is 1.32. The van der Waals surface area contributed by atoms with Gasteiger partial charge in [-0.3, -0.25) is 14.5 Å². The molecule has 0 aromatic heterocycles. The molecule has 1 aliphatic heterocycles. The highest BCUT2D eigenvalue weighted by atomic mass is 16.5. The molecule has 4 aromatic rings. The van der Waals surface area contributed by atoms with Crippen molar-refractivity contribution in [3.8, 4) is 17.2 Å². The van der Waals surface area contributed by atoms with Crippen molar-refractivity contribution in [2.75, 3.05) is 31.0 Å². The number of hydrogen-bond donors (Lipinski definition) is 1. The standard InChI is InChI=1S/C32H27N3O5/c1-38-26-12-8-11-24(20-26)35-31(23-9-4-3-5-10-23)34-28(32(35)37)19-22-15-17-25(18-16-22)40-21-30(36)33-27-13-6-7-14-29(27)39-2/h3-20H,21H2,1-2H3,(H,33,36)/b28-19-. The number of carbonyl (C=O) groups is 2. The fourth-order valence-corrected chi connectivity index (χ4v) is 4.19. The third-order valence-corrected chi connectivity index (χ3v) is 6.14. The number of nitrogens with one attached hydrogen (secondary N) is 1. The second kappa shape index (κ2) is 12.0. The lowest BCUT2D eigenvalue weighted by Crippen LogP contribution is -2.32. The van der Waals surface area contributed by atoms with Gasteiger partial charge in [0, 0.05) is 11.6 Å². The Hall–Kier alpha value is -5.37. The molecule has 5 rings (SSSR count). The molecule has 1 aliphatic rings. The highest BCUT2D eigenvalue weighted by molar-refractivity contribution is 6.33. The van der Waals surface area contributed by atoms with Crippen LogP contribution in [0.2, 0.25) is 0 Å². The molecule has 40 heavy (non-hydrogen) atoms.